The highest BCUT2D eigenvalue weighted by Crippen LogP contribution is 2.47. The van der Waals surface area contributed by atoms with E-state index in [1.807, 2.05) is 29.6 Å². The molecule has 1 aromatic carbocycles. The molecule has 0 radical (unpaired) electrons. The molecule has 2 aromatic rings. The highest BCUT2D eigenvalue weighted by atomic mass is 32.1. The molecule has 2 atom stereocenters. The number of carbonyl (C=O) groups is 2. The first-order valence-electron chi connectivity index (χ1n) is 9.36. The molecule has 0 spiro atoms. The second-order valence-corrected chi connectivity index (χ2v) is 7.62. The molecule has 8 heteroatoms. The van der Waals surface area contributed by atoms with E-state index < -0.39 is 18.0 Å². The molecule has 1 aromatic heterocycles. The number of rotatable bonds is 8. The summed E-state index contributed by atoms with van der Waals surface area (Å²) < 4.78 is 27.8. The van der Waals surface area contributed by atoms with Crippen LogP contribution in [0.2, 0.25) is 0 Å². The summed E-state index contributed by atoms with van der Waals surface area (Å²) in [5.74, 6) is 0.691. The second kappa shape index (κ2) is 9.67. The lowest BCUT2D eigenvalue weighted by atomic mass is 9.91. The minimum atomic E-state index is -0.452. The van der Waals surface area contributed by atoms with Crippen LogP contribution in [0.15, 0.2) is 41.3 Å². The van der Waals surface area contributed by atoms with Crippen molar-refractivity contribution in [3.05, 3.63) is 51.7 Å². The zero-order chi connectivity index (χ0) is 21.7. The van der Waals surface area contributed by atoms with E-state index in [1.54, 1.807) is 20.3 Å². The second-order valence-electron chi connectivity index (χ2n) is 6.67. The van der Waals surface area contributed by atoms with E-state index in [1.165, 1.54) is 25.2 Å². The zero-order valence-corrected chi connectivity index (χ0v) is 18.1. The van der Waals surface area contributed by atoms with Gasteiger partial charge in [0.1, 0.15) is 25.1 Å². The maximum atomic E-state index is 11.5. The minimum absolute atomic E-state index is 0.0539. The van der Waals surface area contributed by atoms with Crippen molar-refractivity contribution >= 4 is 29.0 Å². The summed E-state index contributed by atoms with van der Waals surface area (Å²) in [4.78, 5) is 23.9. The topological polar surface area (TPSA) is 80.3 Å². The van der Waals surface area contributed by atoms with Crippen molar-refractivity contribution in [1.29, 1.82) is 0 Å². The fraction of sp³-hybridized carbons (Fsp3) is 0.364. The third-order valence-electron chi connectivity index (χ3n) is 4.73. The van der Waals surface area contributed by atoms with Gasteiger partial charge in [-0.2, -0.15) is 0 Å². The number of ether oxygens (including phenoxy) is 5. The monoisotopic (exact) mass is 432 g/mol. The lowest BCUT2D eigenvalue weighted by molar-refractivity contribution is -0.144. The lowest BCUT2D eigenvalue weighted by Gasteiger charge is -2.22. The molecule has 0 saturated carbocycles. The number of carbonyl (C=O) groups excluding carboxylic acids is 2. The molecule has 1 aliphatic heterocycles. The number of esters is 2. The summed E-state index contributed by atoms with van der Waals surface area (Å²) in [7, 11) is 3.13. The van der Waals surface area contributed by atoms with Gasteiger partial charge in [0.25, 0.3) is 0 Å². The van der Waals surface area contributed by atoms with Crippen LogP contribution in [-0.2, 0) is 23.8 Å². The number of hydrogen-bond donors (Lipinski definition) is 0. The summed E-state index contributed by atoms with van der Waals surface area (Å²) in [6.07, 6.45) is -0.452. The molecule has 3 rings (SSSR count). The first-order valence-corrected chi connectivity index (χ1v) is 10.2. The Morgan fingerprint density at radius 3 is 2.37 bits per heavy atom. The molecule has 0 bridgehead atoms. The molecule has 0 N–H and O–H groups in total. The Labute approximate surface area is 179 Å². The van der Waals surface area contributed by atoms with Crippen molar-refractivity contribution in [3.63, 3.8) is 0 Å². The molecule has 1 aliphatic rings. The molecule has 0 saturated heterocycles. The third kappa shape index (κ3) is 4.76. The molecule has 0 fully saturated rings. The Bertz CT molecular complexity index is 933. The van der Waals surface area contributed by atoms with Crippen LogP contribution in [0.5, 0.6) is 11.5 Å². The molecule has 2 heterocycles. The first kappa shape index (κ1) is 21.7. The maximum absolute atomic E-state index is 11.5. The zero-order valence-electron chi connectivity index (χ0n) is 17.3. The van der Waals surface area contributed by atoms with Gasteiger partial charge in [-0.05, 0) is 29.1 Å². The van der Waals surface area contributed by atoms with E-state index in [0.29, 0.717) is 17.3 Å². The fourth-order valence-corrected chi connectivity index (χ4v) is 4.08. The Morgan fingerprint density at radius 1 is 1.03 bits per heavy atom. The predicted octanol–water partition coefficient (Wildman–Crippen LogP) is 3.99. The van der Waals surface area contributed by atoms with Crippen LogP contribution in [0.25, 0.3) is 5.76 Å². The average Bonchev–Trinajstić information content (AvgIpc) is 3.37. The van der Waals surface area contributed by atoms with Crippen molar-refractivity contribution in [2.45, 2.75) is 20.0 Å². The van der Waals surface area contributed by atoms with Gasteiger partial charge in [0.2, 0.25) is 0 Å². The Morgan fingerprint density at radius 2 is 1.77 bits per heavy atom. The molecular formula is C22H24O7S. The van der Waals surface area contributed by atoms with E-state index in [9.17, 15) is 9.59 Å². The molecular weight excluding hydrogens is 408 g/mol. The van der Waals surface area contributed by atoms with Crippen molar-refractivity contribution in [1.82, 2.24) is 0 Å². The Balaban J connectivity index is 2.02. The number of hydrogen-bond acceptors (Lipinski definition) is 8. The van der Waals surface area contributed by atoms with Gasteiger partial charge in [-0.25, -0.2) is 0 Å². The largest absolute Gasteiger partial charge is 0.493 e. The lowest BCUT2D eigenvalue weighted by Crippen LogP contribution is -2.21. The van der Waals surface area contributed by atoms with Gasteiger partial charge in [-0.3, -0.25) is 9.59 Å². The third-order valence-corrected chi connectivity index (χ3v) is 5.60. The van der Waals surface area contributed by atoms with Crippen molar-refractivity contribution in [2.75, 3.05) is 27.4 Å². The molecule has 0 aliphatic carbocycles. The number of methoxy groups -OCH3 is 2. The smallest absolute Gasteiger partial charge is 0.302 e. The van der Waals surface area contributed by atoms with Gasteiger partial charge in [0.15, 0.2) is 11.5 Å². The molecule has 0 unspecified atom stereocenters. The summed E-state index contributed by atoms with van der Waals surface area (Å²) in [5.41, 5.74) is 1.60. The maximum Gasteiger partial charge on any atom is 0.302 e. The van der Waals surface area contributed by atoms with Crippen LogP contribution in [0.4, 0.5) is 0 Å². The predicted molar refractivity (Wildman–Crippen MR) is 111 cm³/mol. The van der Waals surface area contributed by atoms with E-state index in [-0.39, 0.29) is 19.1 Å². The van der Waals surface area contributed by atoms with E-state index in [2.05, 4.69) is 0 Å². The average molecular weight is 432 g/mol. The summed E-state index contributed by atoms with van der Waals surface area (Å²) in [5, 5.41) is 1.94. The standard InChI is InChI=1S/C22H24O7S/c1-13(23)27-11-16-17(12-28-14(2)24)22(20-6-5-9-30-20)29-21(16)15-7-8-18(25-3)19(10-15)26-4/h5-10,16,21H,11-12H2,1-4H3/t16-,21+/m1/s1. The van der Waals surface area contributed by atoms with Crippen LogP contribution in [-0.4, -0.2) is 39.4 Å². The molecule has 30 heavy (non-hydrogen) atoms. The van der Waals surface area contributed by atoms with Gasteiger partial charge in [-0.15, -0.1) is 11.3 Å². The van der Waals surface area contributed by atoms with Crippen molar-refractivity contribution in [2.24, 2.45) is 5.92 Å². The molecule has 7 nitrogen and oxygen atoms in total. The van der Waals surface area contributed by atoms with Crippen molar-refractivity contribution < 1.29 is 33.3 Å². The normalized spacial score (nSPS) is 18.0. The van der Waals surface area contributed by atoms with Crippen LogP contribution < -0.4 is 9.47 Å². The SMILES string of the molecule is COc1ccc([C@@H]2OC(c3cccs3)=C(COC(C)=O)[C@H]2COC(C)=O)cc1OC. The summed E-state index contributed by atoms with van der Waals surface area (Å²) >= 11 is 1.52. The van der Waals surface area contributed by atoms with Gasteiger partial charge in [0, 0.05) is 19.4 Å². The van der Waals surface area contributed by atoms with Crippen LogP contribution in [0.3, 0.4) is 0 Å². The highest BCUT2D eigenvalue weighted by molar-refractivity contribution is 7.11. The van der Waals surface area contributed by atoms with Gasteiger partial charge >= 0.3 is 11.9 Å². The number of benzene rings is 1. The fourth-order valence-electron chi connectivity index (χ4n) is 3.34. The van der Waals surface area contributed by atoms with Crippen LogP contribution in [0.1, 0.15) is 30.4 Å². The summed E-state index contributed by atoms with van der Waals surface area (Å²) in [6, 6.07) is 9.38. The van der Waals surface area contributed by atoms with Crippen molar-refractivity contribution in [3.8, 4) is 11.5 Å². The van der Waals surface area contributed by atoms with Crippen LogP contribution >= 0.6 is 11.3 Å². The molecule has 160 valence electrons. The van der Waals surface area contributed by atoms with Gasteiger partial charge < -0.3 is 23.7 Å². The van der Waals surface area contributed by atoms with Crippen LogP contribution in [0, 0.1) is 5.92 Å². The quantitative estimate of drug-likeness (QED) is 0.584. The number of thiophene rings is 1. The Hall–Kier alpha value is -3.00. The highest BCUT2D eigenvalue weighted by Gasteiger charge is 2.40. The van der Waals surface area contributed by atoms with E-state index in [0.717, 1.165) is 16.0 Å². The van der Waals surface area contributed by atoms with E-state index in [4.69, 9.17) is 23.7 Å². The first-order chi connectivity index (χ1) is 14.4. The summed E-state index contributed by atoms with van der Waals surface area (Å²) in [6.45, 7) is 2.86. The van der Waals surface area contributed by atoms with Gasteiger partial charge in [-0.1, -0.05) is 12.1 Å². The minimum Gasteiger partial charge on any atom is -0.493 e. The van der Waals surface area contributed by atoms with E-state index >= 15 is 0 Å². The molecule has 0 amide bonds. The van der Waals surface area contributed by atoms with Gasteiger partial charge in [0.05, 0.1) is 25.0 Å². The Kier molecular flexibility index (Phi) is 6.99.